The van der Waals surface area contributed by atoms with Gasteiger partial charge in [-0.3, -0.25) is 14.4 Å². The Morgan fingerprint density at radius 1 is 1.15 bits per heavy atom. The SMILES string of the molecule is COCC1(C(=O)O)CCCN(C(=O)c2ccc(C(=O)c3cc[nH]c3)cc2)C1. The molecule has 1 aromatic carbocycles. The topological polar surface area (TPSA) is 99.7 Å². The minimum atomic E-state index is -1.08. The molecule has 3 rings (SSSR count). The minimum Gasteiger partial charge on any atom is -0.481 e. The lowest BCUT2D eigenvalue weighted by molar-refractivity contribution is -0.155. The van der Waals surface area contributed by atoms with Gasteiger partial charge >= 0.3 is 5.97 Å². The van der Waals surface area contributed by atoms with Crippen LogP contribution >= 0.6 is 0 Å². The van der Waals surface area contributed by atoms with Gasteiger partial charge in [0.2, 0.25) is 0 Å². The number of aromatic amines is 1. The van der Waals surface area contributed by atoms with Crippen LogP contribution in [0.15, 0.2) is 42.7 Å². The second-order valence-electron chi connectivity index (χ2n) is 6.85. The van der Waals surface area contributed by atoms with Gasteiger partial charge in [-0.2, -0.15) is 0 Å². The fourth-order valence-corrected chi connectivity index (χ4v) is 3.51. The highest BCUT2D eigenvalue weighted by Crippen LogP contribution is 2.31. The number of carbonyl (C=O) groups excluding carboxylic acids is 2. The van der Waals surface area contributed by atoms with Crippen LogP contribution in [0.1, 0.15) is 39.1 Å². The average Bonchev–Trinajstić information content (AvgIpc) is 3.22. The highest BCUT2D eigenvalue weighted by Gasteiger charge is 2.44. The summed E-state index contributed by atoms with van der Waals surface area (Å²) in [6.07, 6.45) is 4.38. The Morgan fingerprint density at radius 2 is 1.85 bits per heavy atom. The first-order valence-corrected chi connectivity index (χ1v) is 8.76. The number of carboxylic acids is 1. The number of amides is 1. The molecule has 2 N–H and O–H groups in total. The Morgan fingerprint density at radius 3 is 2.44 bits per heavy atom. The molecule has 1 saturated heterocycles. The molecule has 0 spiro atoms. The van der Waals surface area contributed by atoms with Crippen molar-refractivity contribution in [1.82, 2.24) is 9.88 Å². The maximum Gasteiger partial charge on any atom is 0.313 e. The molecule has 142 valence electrons. The van der Waals surface area contributed by atoms with Crippen molar-refractivity contribution in [2.45, 2.75) is 12.8 Å². The summed E-state index contributed by atoms with van der Waals surface area (Å²) in [4.78, 5) is 41.3. The second-order valence-corrected chi connectivity index (χ2v) is 6.85. The Bertz CT molecular complexity index is 825. The number of piperidine rings is 1. The fourth-order valence-electron chi connectivity index (χ4n) is 3.51. The summed E-state index contributed by atoms with van der Waals surface area (Å²) < 4.78 is 5.10. The zero-order valence-electron chi connectivity index (χ0n) is 15.1. The number of methoxy groups -OCH3 is 1. The first-order valence-electron chi connectivity index (χ1n) is 8.76. The van der Waals surface area contributed by atoms with Crippen LogP contribution in [0.5, 0.6) is 0 Å². The largest absolute Gasteiger partial charge is 0.481 e. The van der Waals surface area contributed by atoms with Crippen molar-refractivity contribution in [3.05, 3.63) is 59.4 Å². The molecule has 0 bridgehead atoms. The van der Waals surface area contributed by atoms with E-state index in [-0.39, 0.29) is 24.8 Å². The van der Waals surface area contributed by atoms with Crippen molar-refractivity contribution in [2.75, 3.05) is 26.8 Å². The Hall–Kier alpha value is -2.93. The lowest BCUT2D eigenvalue weighted by Gasteiger charge is -2.39. The molecule has 2 heterocycles. The standard InChI is InChI=1S/C20H22N2O5/c1-27-13-20(19(25)26)8-2-10-22(12-20)18(24)15-5-3-14(4-6-15)17(23)16-7-9-21-11-16/h3-7,9,11,21H,2,8,10,12-13H2,1H3,(H,25,26). The molecular formula is C20H22N2O5. The quantitative estimate of drug-likeness (QED) is 0.760. The zero-order chi connectivity index (χ0) is 19.4. The molecule has 1 aliphatic rings. The average molecular weight is 370 g/mol. The molecule has 1 fully saturated rings. The van der Waals surface area contributed by atoms with Crippen LogP contribution in [0.4, 0.5) is 0 Å². The lowest BCUT2D eigenvalue weighted by atomic mass is 9.80. The molecule has 27 heavy (non-hydrogen) atoms. The molecule has 7 heteroatoms. The number of hydrogen-bond donors (Lipinski definition) is 2. The van der Waals surface area contributed by atoms with Gasteiger partial charge in [0.15, 0.2) is 5.78 Å². The van der Waals surface area contributed by atoms with Crippen molar-refractivity contribution in [2.24, 2.45) is 5.41 Å². The number of rotatable bonds is 6. The van der Waals surface area contributed by atoms with E-state index in [9.17, 15) is 19.5 Å². The van der Waals surface area contributed by atoms with Crippen LogP contribution in [-0.2, 0) is 9.53 Å². The van der Waals surface area contributed by atoms with E-state index in [0.717, 1.165) is 0 Å². The van der Waals surface area contributed by atoms with Gasteiger partial charge < -0.3 is 19.7 Å². The molecule has 1 aliphatic heterocycles. The van der Waals surface area contributed by atoms with Crippen molar-refractivity contribution in [3.8, 4) is 0 Å². The molecule has 1 amide bonds. The number of ketones is 1. The molecule has 1 atom stereocenters. The highest BCUT2D eigenvalue weighted by molar-refractivity contribution is 6.09. The number of ether oxygens (including phenoxy) is 1. The van der Waals surface area contributed by atoms with Gasteiger partial charge in [-0.25, -0.2) is 0 Å². The third-order valence-electron chi connectivity index (χ3n) is 4.99. The summed E-state index contributed by atoms with van der Waals surface area (Å²) in [6.45, 7) is 0.677. The first-order chi connectivity index (χ1) is 13.0. The lowest BCUT2D eigenvalue weighted by Crippen LogP contribution is -2.52. The molecule has 1 unspecified atom stereocenters. The minimum absolute atomic E-state index is 0.0657. The van der Waals surface area contributed by atoms with E-state index in [4.69, 9.17) is 4.74 Å². The molecule has 7 nitrogen and oxygen atoms in total. The maximum absolute atomic E-state index is 12.8. The number of aromatic nitrogens is 1. The van der Waals surface area contributed by atoms with Gasteiger partial charge in [-0.1, -0.05) is 12.1 Å². The number of nitrogens with zero attached hydrogens (tertiary/aromatic N) is 1. The summed E-state index contributed by atoms with van der Waals surface area (Å²) in [6, 6.07) is 8.14. The molecule has 2 aromatic rings. The van der Waals surface area contributed by atoms with Gasteiger partial charge in [0, 0.05) is 49.3 Å². The number of carboxylic acid groups (broad SMARTS) is 1. The van der Waals surface area contributed by atoms with E-state index in [0.29, 0.717) is 36.1 Å². The first kappa shape index (κ1) is 18.8. The predicted octanol–water partition coefficient (Wildman–Crippen LogP) is 2.20. The third-order valence-corrected chi connectivity index (χ3v) is 4.99. The molecule has 0 saturated carbocycles. The van der Waals surface area contributed by atoms with Crippen molar-refractivity contribution < 1.29 is 24.2 Å². The third kappa shape index (κ3) is 3.78. The maximum atomic E-state index is 12.8. The summed E-state index contributed by atoms with van der Waals surface area (Å²) in [5.74, 6) is -1.32. The fraction of sp³-hybridized carbons (Fsp3) is 0.350. The van der Waals surface area contributed by atoms with Gasteiger partial charge in [0.25, 0.3) is 5.91 Å². The molecule has 1 aromatic heterocycles. The van der Waals surface area contributed by atoms with Crippen LogP contribution in [0.3, 0.4) is 0 Å². The van der Waals surface area contributed by atoms with Crippen LogP contribution in [0, 0.1) is 5.41 Å². The van der Waals surface area contributed by atoms with Gasteiger partial charge in [-0.15, -0.1) is 0 Å². The number of aliphatic carboxylic acids is 1. The zero-order valence-corrected chi connectivity index (χ0v) is 15.1. The van der Waals surface area contributed by atoms with Crippen LogP contribution in [-0.4, -0.2) is 59.5 Å². The number of carbonyl (C=O) groups is 3. The molecule has 0 radical (unpaired) electrons. The van der Waals surface area contributed by atoms with Crippen molar-refractivity contribution in [3.63, 3.8) is 0 Å². The van der Waals surface area contributed by atoms with E-state index < -0.39 is 11.4 Å². The van der Waals surface area contributed by atoms with Crippen molar-refractivity contribution in [1.29, 1.82) is 0 Å². The van der Waals surface area contributed by atoms with Gasteiger partial charge in [-0.05, 0) is 31.0 Å². The van der Waals surface area contributed by atoms with E-state index in [1.807, 2.05) is 0 Å². The van der Waals surface area contributed by atoms with Crippen molar-refractivity contribution >= 4 is 17.7 Å². The summed E-state index contributed by atoms with van der Waals surface area (Å²) in [5.41, 5.74) is 0.395. The van der Waals surface area contributed by atoms with E-state index in [1.165, 1.54) is 7.11 Å². The number of H-pyrrole nitrogens is 1. The van der Waals surface area contributed by atoms with E-state index >= 15 is 0 Å². The van der Waals surface area contributed by atoms with E-state index in [2.05, 4.69) is 4.98 Å². The number of benzene rings is 1. The summed E-state index contributed by atoms with van der Waals surface area (Å²) in [7, 11) is 1.46. The van der Waals surface area contributed by atoms with Gasteiger partial charge in [0.1, 0.15) is 5.41 Å². The Labute approximate surface area is 156 Å². The Kier molecular flexibility index (Phi) is 5.41. The van der Waals surface area contributed by atoms with Crippen LogP contribution in [0.2, 0.25) is 0 Å². The van der Waals surface area contributed by atoms with Crippen LogP contribution in [0.25, 0.3) is 0 Å². The number of nitrogens with one attached hydrogen (secondary N) is 1. The predicted molar refractivity (Wildman–Crippen MR) is 97.7 cm³/mol. The second kappa shape index (κ2) is 7.75. The summed E-state index contributed by atoms with van der Waals surface area (Å²) in [5, 5.41) is 9.62. The summed E-state index contributed by atoms with van der Waals surface area (Å²) >= 11 is 0. The van der Waals surface area contributed by atoms with Crippen LogP contribution < -0.4 is 0 Å². The molecule has 0 aliphatic carbocycles. The Balaban J connectivity index is 1.75. The van der Waals surface area contributed by atoms with E-state index in [1.54, 1.807) is 47.6 Å². The smallest absolute Gasteiger partial charge is 0.313 e. The normalized spacial score (nSPS) is 19.7. The highest BCUT2D eigenvalue weighted by atomic mass is 16.5. The molecular weight excluding hydrogens is 348 g/mol. The van der Waals surface area contributed by atoms with Gasteiger partial charge in [0.05, 0.1) is 6.61 Å². The monoisotopic (exact) mass is 370 g/mol. The number of hydrogen-bond acceptors (Lipinski definition) is 4. The number of likely N-dealkylation sites (tertiary alicyclic amines) is 1.